The van der Waals surface area contributed by atoms with Gasteiger partial charge < -0.3 is 9.80 Å². The third kappa shape index (κ3) is 4.25. The van der Waals surface area contributed by atoms with Gasteiger partial charge in [0.25, 0.3) is 15.9 Å². The molecule has 1 saturated heterocycles. The summed E-state index contributed by atoms with van der Waals surface area (Å²) in [7, 11) is -3.76. The van der Waals surface area contributed by atoms with E-state index in [1.807, 2.05) is 36.1 Å². The standard InChI is InChI=1S/C23H26N4O3S/c1-3-18-7-9-19(10-8-18)21-17(2)22(25-31(21,29)30)26-12-5-13-27(15-14-26)23(28)20-6-4-11-24-16-20/h4,6-11,16H,3,5,12-15H2,1-2H3. The van der Waals surface area contributed by atoms with Gasteiger partial charge in [-0.05, 0) is 43.0 Å². The van der Waals surface area contributed by atoms with Gasteiger partial charge in [0.2, 0.25) is 0 Å². The summed E-state index contributed by atoms with van der Waals surface area (Å²) in [6.07, 6.45) is 4.84. The summed E-state index contributed by atoms with van der Waals surface area (Å²) in [6, 6.07) is 11.1. The van der Waals surface area contributed by atoms with Crippen LogP contribution in [0, 0.1) is 0 Å². The lowest BCUT2D eigenvalue weighted by atomic mass is 10.1. The minimum Gasteiger partial charge on any atom is -0.354 e. The molecule has 8 heteroatoms. The quantitative estimate of drug-likeness (QED) is 0.736. The van der Waals surface area contributed by atoms with Crippen molar-refractivity contribution in [2.75, 3.05) is 26.2 Å². The summed E-state index contributed by atoms with van der Waals surface area (Å²) in [6.45, 7) is 6.16. The summed E-state index contributed by atoms with van der Waals surface area (Å²) in [5, 5.41) is 0. The minimum atomic E-state index is -3.76. The number of carbonyl (C=O) groups is 1. The Hall–Kier alpha value is -3.00. The van der Waals surface area contributed by atoms with E-state index in [9.17, 15) is 13.2 Å². The van der Waals surface area contributed by atoms with Crippen molar-refractivity contribution in [1.29, 1.82) is 0 Å². The Balaban J connectivity index is 1.55. The van der Waals surface area contributed by atoms with Crippen LogP contribution in [0.2, 0.25) is 0 Å². The first-order valence-electron chi connectivity index (χ1n) is 10.5. The van der Waals surface area contributed by atoms with Crippen LogP contribution in [-0.4, -0.2) is 61.1 Å². The first-order chi connectivity index (χ1) is 14.9. The molecule has 0 spiro atoms. The summed E-state index contributed by atoms with van der Waals surface area (Å²) in [5.74, 6) is 0.435. The lowest BCUT2D eigenvalue weighted by molar-refractivity contribution is 0.0763. The number of sulfonamides is 1. The fourth-order valence-electron chi connectivity index (χ4n) is 4.08. The van der Waals surface area contributed by atoms with Crippen LogP contribution in [0.25, 0.3) is 4.91 Å². The van der Waals surface area contributed by atoms with E-state index < -0.39 is 10.0 Å². The zero-order valence-electron chi connectivity index (χ0n) is 17.8. The molecule has 1 amide bonds. The SMILES string of the molecule is CCc1ccc(C2=C(C)C(N3CCCN(C(=O)c4cccnc4)CC3)=NS2(=O)=O)cc1. The highest BCUT2D eigenvalue weighted by atomic mass is 32.2. The fourth-order valence-corrected chi connectivity index (χ4v) is 5.56. The molecular formula is C23H26N4O3S. The predicted molar refractivity (Wildman–Crippen MR) is 121 cm³/mol. The third-order valence-corrected chi connectivity index (χ3v) is 7.23. The number of rotatable bonds is 3. The van der Waals surface area contributed by atoms with Crippen molar-refractivity contribution in [3.05, 3.63) is 71.1 Å². The molecule has 2 aliphatic rings. The maximum Gasteiger partial charge on any atom is 0.285 e. The summed E-state index contributed by atoms with van der Waals surface area (Å²) < 4.78 is 29.9. The van der Waals surface area contributed by atoms with Gasteiger partial charge >= 0.3 is 0 Å². The molecule has 0 aliphatic carbocycles. The number of hydrogen-bond donors (Lipinski definition) is 0. The van der Waals surface area contributed by atoms with Crippen LogP contribution in [0.3, 0.4) is 0 Å². The Labute approximate surface area is 183 Å². The van der Waals surface area contributed by atoms with Crippen LogP contribution in [-0.2, 0) is 16.4 Å². The average molecular weight is 439 g/mol. The van der Waals surface area contributed by atoms with Gasteiger partial charge in [-0.2, -0.15) is 8.42 Å². The number of aryl methyl sites for hydroxylation is 1. The van der Waals surface area contributed by atoms with Crippen molar-refractivity contribution in [2.24, 2.45) is 4.40 Å². The van der Waals surface area contributed by atoms with E-state index in [1.165, 1.54) is 0 Å². The molecule has 2 aromatic rings. The number of aromatic nitrogens is 1. The molecule has 0 saturated carbocycles. The van der Waals surface area contributed by atoms with Crippen molar-refractivity contribution in [2.45, 2.75) is 26.7 Å². The molecule has 0 unspecified atom stereocenters. The van der Waals surface area contributed by atoms with Gasteiger partial charge in [-0.3, -0.25) is 9.78 Å². The summed E-state index contributed by atoms with van der Waals surface area (Å²) >= 11 is 0. The highest BCUT2D eigenvalue weighted by Crippen LogP contribution is 2.34. The van der Waals surface area contributed by atoms with E-state index in [0.29, 0.717) is 48.7 Å². The van der Waals surface area contributed by atoms with Gasteiger partial charge in [0.15, 0.2) is 0 Å². The Morgan fingerprint density at radius 1 is 1.06 bits per heavy atom. The highest BCUT2D eigenvalue weighted by molar-refractivity contribution is 8.00. The molecule has 0 bridgehead atoms. The van der Waals surface area contributed by atoms with Crippen LogP contribution in [0.4, 0.5) is 0 Å². The van der Waals surface area contributed by atoms with Crippen LogP contribution in [0.5, 0.6) is 0 Å². The van der Waals surface area contributed by atoms with Crippen molar-refractivity contribution in [3.8, 4) is 0 Å². The maximum atomic E-state index is 12.9. The smallest absolute Gasteiger partial charge is 0.285 e. The topological polar surface area (TPSA) is 82.9 Å². The van der Waals surface area contributed by atoms with E-state index in [1.54, 1.807) is 29.4 Å². The summed E-state index contributed by atoms with van der Waals surface area (Å²) in [4.78, 5) is 20.8. The number of amidine groups is 1. The number of carbonyl (C=O) groups excluding carboxylic acids is 1. The van der Waals surface area contributed by atoms with E-state index in [0.717, 1.165) is 18.4 Å². The zero-order valence-corrected chi connectivity index (χ0v) is 18.6. The number of nitrogens with zero attached hydrogens (tertiary/aromatic N) is 4. The van der Waals surface area contributed by atoms with Crippen molar-refractivity contribution < 1.29 is 13.2 Å². The first-order valence-corrected chi connectivity index (χ1v) is 11.9. The van der Waals surface area contributed by atoms with Gasteiger partial charge in [0.1, 0.15) is 10.7 Å². The highest BCUT2D eigenvalue weighted by Gasteiger charge is 2.34. The first kappa shape index (κ1) is 21.2. The fraction of sp³-hybridized carbons (Fsp3) is 0.348. The predicted octanol–water partition coefficient (Wildman–Crippen LogP) is 2.97. The van der Waals surface area contributed by atoms with E-state index in [-0.39, 0.29) is 10.8 Å². The van der Waals surface area contributed by atoms with Crippen LogP contribution < -0.4 is 0 Å². The molecule has 0 N–H and O–H groups in total. The van der Waals surface area contributed by atoms with Crippen LogP contribution in [0.1, 0.15) is 41.8 Å². The maximum absolute atomic E-state index is 12.9. The molecule has 1 fully saturated rings. The molecule has 0 radical (unpaired) electrons. The molecule has 31 heavy (non-hydrogen) atoms. The molecule has 0 atom stereocenters. The van der Waals surface area contributed by atoms with Gasteiger partial charge in [-0.15, -0.1) is 4.40 Å². The Kier molecular flexibility index (Phi) is 5.91. The Morgan fingerprint density at radius 2 is 1.84 bits per heavy atom. The largest absolute Gasteiger partial charge is 0.354 e. The van der Waals surface area contributed by atoms with Crippen molar-refractivity contribution in [1.82, 2.24) is 14.8 Å². The van der Waals surface area contributed by atoms with Crippen LogP contribution in [0.15, 0.2) is 58.8 Å². The molecule has 4 rings (SSSR count). The molecule has 162 valence electrons. The minimum absolute atomic E-state index is 0.0556. The average Bonchev–Trinajstić information content (AvgIpc) is 2.93. The number of pyridine rings is 1. The molecule has 3 heterocycles. The lowest BCUT2D eigenvalue weighted by Crippen LogP contribution is -2.37. The van der Waals surface area contributed by atoms with E-state index in [4.69, 9.17) is 0 Å². The van der Waals surface area contributed by atoms with E-state index >= 15 is 0 Å². The Morgan fingerprint density at radius 3 is 2.52 bits per heavy atom. The number of hydrogen-bond acceptors (Lipinski definition) is 5. The molecule has 2 aliphatic heterocycles. The van der Waals surface area contributed by atoms with Gasteiger partial charge in [-0.1, -0.05) is 31.2 Å². The second-order valence-electron chi connectivity index (χ2n) is 7.77. The van der Waals surface area contributed by atoms with Crippen LogP contribution >= 0.6 is 0 Å². The molecule has 1 aromatic carbocycles. The normalized spacial score (nSPS) is 18.7. The zero-order chi connectivity index (χ0) is 22.0. The molecule has 7 nitrogen and oxygen atoms in total. The second-order valence-corrected chi connectivity index (χ2v) is 9.31. The van der Waals surface area contributed by atoms with Crippen molar-refractivity contribution in [3.63, 3.8) is 0 Å². The molecule has 1 aromatic heterocycles. The van der Waals surface area contributed by atoms with Gasteiger partial charge in [0, 0.05) is 44.1 Å². The van der Waals surface area contributed by atoms with E-state index in [2.05, 4.69) is 16.3 Å². The van der Waals surface area contributed by atoms with Crippen molar-refractivity contribution >= 4 is 26.7 Å². The summed E-state index contributed by atoms with van der Waals surface area (Å²) in [5.41, 5.74) is 3.04. The second kappa shape index (κ2) is 8.63. The number of amides is 1. The Bertz CT molecular complexity index is 1140. The van der Waals surface area contributed by atoms with Gasteiger partial charge in [-0.25, -0.2) is 0 Å². The number of benzene rings is 1. The third-order valence-electron chi connectivity index (χ3n) is 5.76. The monoisotopic (exact) mass is 438 g/mol. The lowest BCUT2D eigenvalue weighted by Gasteiger charge is -2.23. The molecular weight excluding hydrogens is 412 g/mol. The van der Waals surface area contributed by atoms with Gasteiger partial charge in [0.05, 0.1) is 5.56 Å².